The molecule has 0 bridgehead atoms. The molecule has 3 heterocycles. The number of ether oxygens (including phenoxy) is 3. The third kappa shape index (κ3) is 2.74. The van der Waals surface area contributed by atoms with Gasteiger partial charge in [-0.25, -0.2) is 4.98 Å². The molecule has 2 aliphatic rings. The summed E-state index contributed by atoms with van der Waals surface area (Å²) in [5, 5.41) is 2.80. The zero-order chi connectivity index (χ0) is 14.2. The Morgan fingerprint density at radius 1 is 1.65 bits per heavy atom. The van der Waals surface area contributed by atoms with Crippen LogP contribution in [-0.2, 0) is 14.3 Å². The van der Waals surface area contributed by atoms with Crippen molar-refractivity contribution in [2.24, 2.45) is 0 Å². The van der Waals surface area contributed by atoms with Gasteiger partial charge in [0.15, 0.2) is 10.7 Å². The lowest BCUT2D eigenvalue weighted by molar-refractivity contribution is -0.139. The summed E-state index contributed by atoms with van der Waals surface area (Å²) in [7, 11) is 0. The number of hydrogen-bond donors (Lipinski definition) is 1. The first-order valence-electron chi connectivity index (χ1n) is 6.34. The van der Waals surface area contributed by atoms with Gasteiger partial charge in [-0.2, -0.15) is 0 Å². The first kappa shape index (κ1) is 13.7. The van der Waals surface area contributed by atoms with E-state index in [1.165, 1.54) is 0 Å². The van der Waals surface area contributed by atoms with Crippen molar-refractivity contribution >= 4 is 23.9 Å². The summed E-state index contributed by atoms with van der Waals surface area (Å²) >= 11 is 1.71. The van der Waals surface area contributed by atoms with E-state index in [1.54, 1.807) is 30.1 Å². The standard InChI is InChI=1S/C13H16N2O4S/c1-12(2)18-7-13(19-12)10(20-13)6-17-11-5-9(15-8-16)3-4-14-11/h3-5,8,10H,6-7H2,1-2H3,(H,14,15,16). The molecule has 0 aromatic carbocycles. The van der Waals surface area contributed by atoms with Crippen LogP contribution in [0.25, 0.3) is 0 Å². The average molecular weight is 296 g/mol. The van der Waals surface area contributed by atoms with Crippen LogP contribution in [0.1, 0.15) is 13.8 Å². The number of carbonyl (C=O) groups is 1. The fourth-order valence-corrected chi connectivity index (χ4v) is 3.25. The Bertz CT molecular complexity index is 525. The molecule has 3 rings (SSSR count). The lowest BCUT2D eigenvalue weighted by Gasteiger charge is -2.16. The van der Waals surface area contributed by atoms with Crippen molar-refractivity contribution < 1.29 is 19.0 Å². The number of anilines is 1. The highest BCUT2D eigenvalue weighted by atomic mass is 32.2. The molecule has 108 valence electrons. The molecule has 1 aromatic heterocycles. The summed E-state index contributed by atoms with van der Waals surface area (Å²) in [6.07, 6.45) is 2.21. The molecular weight excluding hydrogens is 280 g/mol. The molecule has 1 N–H and O–H groups in total. The Labute approximate surface area is 121 Å². The minimum Gasteiger partial charge on any atom is -0.476 e. The molecule has 2 unspecified atom stereocenters. The van der Waals surface area contributed by atoms with Crippen LogP contribution >= 0.6 is 11.8 Å². The zero-order valence-electron chi connectivity index (χ0n) is 11.3. The molecule has 20 heavy (non-hydrogen) atoms. The van der Waals surface area contributed by atoms with Crippen LogP contribution in [0.2, 0.25) is 0 Å². The van der Waals surface area contributed by atoms with Gasteiger partial charge in [0, 0.05) is 18.0 Å². The van der Waals surface area contributed by atoms with E-state index in [0.29, 0.717) is 31.2 Å². The quantitative estimate of drug-likeness (QED) is 0.658. The van der Waals surface area contributed by atoms with Crippen molar-refractivity contribution in [3.05, 3.63) is 18.3 Å². The molecule has 0 radical (unpaired) electrons. The van der Waals surface area contributed by atoms with Crippen LogP contribution in [0.3, 0.4) is 0 Å². The fraction of sp³-hybridized carbons (Fsp3) is 0.538. The second-order valence-electron chi connectivity index (χ2n) is 5.16. The number of amides is 1. The van der Waals surface area contributed by atoms with E-state index in [0.717, 1.165) is 0 Å². The van der Waals surface area contributed by atoms with Crippen molar-refractivity contribution in [2.45, 2.75) is 29.8 Å². The number of carbonyl (C=O) groups excluding carboxylic acids is 1. The van der Waals surface area contributed by atoms with Crippen molar-refractivity contribution in [2.75, 3.05) is 18.5 Å². The number of hydrogen-bond acceptors (Lipinski definition) is 6. The Balaban J connectivity index is 1.54. The number of nitrogens with one attached hydrogen (secondary N) is 1. The van der Waals surface area contributed by atoms with Crippen LogP contribution < -0.4 is 10.1 Å². The number of rotatable bonds is 5. The van der Waals surface area contributed by atoms with Crippen LogP contribution in [0.4, 0.5) is 5.69 Å². The highest BCUT2D eigenvalue weighted by molar-refractivity contribution is 8.08. The van der Waals surface area contributed by atoms with Gasteiger partial charge in [0.1, 0.15) is 6.61 Å². The Morgan fingerprint density at radius 3 is 3.20 bits per heavy atom. The van der Waals surface area contributed by atoms with Crippen molar-refractivity contribution in [3.8, 4) is 5.88 Å². The Kier molecular flexibility index (Phi) is 3.35. The second-order valence-corrected chi connectivity index (χ2v) is 6.66. The van der Waals surface area contributed by atoms with Gasteiger partial charge >= 0.3 is 0 Å². The number of pyridine rings is 1. The van der Waals surface area contributed by atoms with Gasteiger partial charge in [-0.3, -0.25) is 4.79 Å². The predicted octanol–water partition coefficient (Wildman–Crippen LogP) is 1.62. The second kappa shape index (κ2) is 4.91. The average Bonchev–Trinajstić information content (AvgIpc) is 2.97. The topological polar surface area (TPSA) is 69.7 Å². The van der Waals surface area contributed by atoms with Crippen molar-refractivity contribution in [1.29, 1.82) is 0 Å². The van der Waals surface area contributed by atoms with Crippen molar-refractivity contribution in [1.82, 2.24) is 4.98 Å². The van der Waals surface area contributed by atoms with Gasteiger partial charge in [-0.05, 0) is 19.9 Å². The molecule has 1 spiro atoms. The third-order valence-corrected chi connectivity index (χ3v) is 4.59. The number of nitrogens with zero attached hydrogens (tertiary/aromatic N) is 1. The molecular formula is C13H16N2O4S. The Morgan fingerprint density at radius 2 is 2.50 bits per heavy atom. The molecule has 2 atom stereocenters. The largest absolute Gasteiger partial charge is 0.476 e. The first-order valence-corrected chi connectivity index (χ1v) is 7.22. The molecule has 2 fully saturated rings. The van der Waals surface area contributed by atoms with Gasteiger partial charge in [0.25, 0.3) is 0 Å². The third-order valence-electron chi connectivity index (χ3n) is 3.16. The van der Waals surface area contributed by atoms with Crippen LogP contribution in [-0.4, -0.2) is 40.6 Å². The normalized spacial score (nSPS) is 30.2. The first-order chi connectivity index (χ1) is 9.53. The van der Waals surface area contributed by atoms with Gasteiger partial charge in [0.2, 0.25) is 12.3 Å². The van der Waals surface area contributed by atoms with E-state index in [4.69, 9.17) is 14.2 Å². The maximum Gasteiger partial charge on any atom is 0.215 e. The summed E-state index contributed by atoms with van der Waals surface area (Å²) in [6.45, 7) is 4.91. The minimum atomic E-state index is -0.520. The molecule has 0 aliphatic carbocycles. The monoisotopic (exact) mass is 296 g/mol. The van der Waals surface area contributed by atoms with E-state index in [-0.39, 0.29) is 10.2 Å². The lowest BCUT2D eigenvalue weighted by Crippen LogP contribution is -2.26. The van der Waals surface area contributed by atoms with E-state index in [1.807, 2.05) is 13.8 Å². The van der Waals surface area contributed by atoms with Crippen LogP contribution in [0, 0.1) is 0 Å². The Hall–Kier alpha value is -1.31. The molecule has 2 saturated heterocycles. The lowest BCUT2D eigenvalue weighted by atomic mass is 10.3. The molecule has 1 amide bonds. The maximum atomic E-state index is 10.4. The number of thioether (sulfide) groups is 1. The smallest absolute Gasteiger partial charge is 0.215 e. The number of aromatic nitrogens is 1. The minimum absolute atomic E-state index is 0.244. The molecule has 6 nitrogen and oxygen atoms in total. The summed E-state index contributed by atoms with van der Waals surface area (Å²) in [4.78, 5) is 14.2. The summed E-state index contributed by atoms with van der Waals surface area (Å²) in [6, 6.07) is 3.38. The molecule has 2 aliphatic heterocycles. The maximum absolute atomic E-state index is 10.4. The highest BCUT2D eigenvalue weighted by Gasteiger charge is 2.64. The molecule has 0 saturated carbocycles. The van der Waals surface area contributed by atoms with E-state index >= 15 is 0 Å². The summed E-state index contributed by atoms with van der Waals surface area (Å²) in [5.41, 5.74) is 0.657. The van der Waals surface area contributed by atoms with Crippen molar-refractivity contribution in [3.63, 3.8) is 0 Å². The van der Waals surface area contributed by atoms with Gasteiger partial charge in [-0.1, -0.05) is 0 Å². The van der Waals surface area contributed by atoms with Crippen LogP contribution in [0.5, 0.6) is 5.88 Å². The van der Waals surface area contributed by atoms with Crippen LogP contribution in [0.15, 0.2) is 18.3 Å². The van der Waals surface area contributed by atoms with Gasteiger partial charge in [-0.15, -0.1) is 11.8 Å². The molecule has 1 aromatic rings. The summed E-state index contributed by atoms with van der Waals surface area (Å²) in [5.74, 6) is -0.0361. The fourth-order valence-electron chi connectivity index (χ4n) is 2.14. The van der Waals surface area contributed by atoms with E-state index in [9.17, 15) is 4.79 Å². The van der Waals surface area contributed by atoms with Gasteiger partial charge in [0.05, 0.1) is 11.9 Å². The summed E-state index contributed by atoms with van der Waals surface area (Å²) < 4.78 is 17.1. The van der Waals surface area contributed by atoms with E-state index in [2.05, 4.69) is 10.3 Å². The zero-order valence-corrected chi connectivity index (χ0v) is 12.1. The highest BCUT2D eigenvalue weighted by Crippen LogP contribution is 2.59. The SMILES string of the molecule is CC1(C)OCC2(O1)SC2COc1cc(NC=O)ccn1. The van der Waals surface area contributed by atoms with E-state index < -0.39 is 5.79 Å². The van der Waals surface area contributed by atoms with Gasteiger partial charge < -0.3 is 19.5 Å². The molecule has 7 heteroatoms. The predicted molar refractivity (Wildman–Crippen MR) is 74.6 cm³/mol.